The molecule has 0 radical (unpaired) electrons. The first-order chi connectivity index (χ1) is 4.77. The zero-order valence-electron chi connectivity index (χ0n) is 6.39. The molecule has 2 heteroatoms. The number of hydrogen-bond acceptors (Lipinski definition) is 1. The predicted octanol–water partition coefficient (Wildman–Crippen LogP) is 1.84. The first-order valence-corrected chi connectivity index (χ1v) is 3.79. The van der Waals surface area contributed by atoms with Crippen molar-refractivity contribution in [2.75, 3.05) is 0 Å². The molecule has 1 saturated carbocycles. The van der Waals surface area contributed by atoms with Crippen molar-refractivity contribution in [3.05, 3.63) is 17.7 Å². The van der Waals surface area contributed by atoms with Crippen LogP contribution in [-0.2, 0) is 0 Å². The fraction of sp³-hybridized carbons (Fsp3) is 0.625. The van der Waals surface area contributed by atoms with Crippen LogP contribution in [0.15, 0.2) is 6.20 Å². The van der Waals surface area contributed by atoms with Gasteiger partial charge in [-0.05, 0) is 19.3 Å². The molecule has 1 aliphatic carbocycles. The van der Waals surface area contributed by atoms with Gasteiger partial charge in [0.05, 0.1) is 0 Å². The van der Waals surface area contributed by atoms with E-state index in [1.54, 1.807) is 0 Å². The van der Waals surface area contributed by atoms with E-state index in [1.807, 2.05) is 13.1 Å². The molecule has 0 bridgehead atoms. The molecular formula is C8H12N2. The van der Waals surface area contributed by atoms with Gasteiger partial charge in [0.15, 0.2) is 0 Å². The van der Waals surface area contributed by atoms with Crippen molar-refractivity contribution in [1.82, 2.24) is 9.97 Å². The maximum Gasteiger partial charge on any atom is 0.109 e. The summed E-state index contributed by atoms with van der Waals surface area (Å²) in [5.41, 5.74) is 1.18. The summed E-state index contributed by atoms with van der Waals surface area (Å²) in [7, 11) is 0. The number of H-pyrrole nitrogens is 1. The van der Waals surface area contributed by atoms with E-state index in [4.69, 9.17) is 0 Å². The first-order valence-electron chi connectivity index (χ1n) is 3.79. The van der Waals surface area contributed by atoms with Crippen LogP contribution in [0.1, 0.15) is 30.8 Å². The summed E-state index contributed by atoms with van der Waals surface area (Å²) in [5, 5.41) is 0. The van der Waals surface area contributed by atoms with Crippen LogP contribution in [-0.4, -0.2) is 9.97 Å². The monoisotopic (exact) mass is 136 g/mol. The number of imidazole rings is 1. The minimum atomic E-state index is 0.730. The van der Waals surface area contributed by atoms with E-state index in [9.17, 15) is 0 Å². The molecule has 1 fully saturated rings. The smallest absolute Gasteiger partial charge is 0.109 e. The number of aromatic amines is 1. The van der Waals surface area contributed by atoms with Crippen molar-refractivity contribution in [2.24, 2.45) is 5.92 Å². The highest BCUT2D eigenvalue weighted by molar-refractivity contribution is 5.11. The third-order valence-electron chi connectivity index (χ3n) is 2.18. The van der Waals surface area contributed by atoms with Crippen molar-refractivity contribution in [3.8, 4) is 0 Å². The Balaban J connectivity index is 2.20. The molecule has 2 unspecified atom stereocenters. The SMILES string of the molecule is Cc1cnc(C2CC2C)[nH]1. The van der Waals surface area contributed by atoms with Gasteiger partial charge in [-0.15, -0.1) is 0 Å². The Bertz CT molecular complexity index is 239. The van der Waals surface area contributed by atoms with Gasteiger partial charge >= 0.3 is 0 Å². The molecule has 0 saturated heterocycles. The zero-order chi connectivity index (χ0) is 7.14. The minimum absolute atomic E-state index is 0.730. The van der Waals surface area contributed by atoms with E-state index in [1.165, 1.54) is 17.9 Å². The number of aromatic nitrogens is 2. The van der Waals surface area contributed by atoms with E-state index in [2.05, 4.69) is 16.9 Å². The van der Waals surface area contributed by atoms with Crippen molar-refractivity contribution in [3.63, 3.8) is 0 Å². The summed E-state index contributed by atoms with van der Waals surface area (Å²) in [4.78, 5) is 7.53. The molecule has 1 aromatic rings. The number of rotatable bonds is 1. The molecule has 1 heterocycles. The third kappa shape index (κ3) is 0.838. The normalized spacial score (nSPS) is 30.6. The summed E-state index contributed by atoms with van der Waals surface area (Å²) in [6.07, 6.45) is 3.22. The van der Waals surface area contributed by atoms with Crippen LogP contribution in [0.3, 0.4) is 0 Å². The molecular weight excluding hydrogens is 124 g/mol. The van der Waals surface area contributed by atoms with Gasteiger partial charge in [0.1, 0.15) is 5.82 Å². The zero-order valence-corrected chi connectivity index (χ0v) is 6.39. The van der Waals surface area contributed by atoms with Gasteiger partial charge in [0.25, 0.3) is 0 Å². The molecule has 2 atom stereocenters. The van der Waals surface area contributed by atoms with Crippen molar-refractivity contribution < 1.29 is 0 Å². The van der Waals surface area contributed by atoms with Crippen LogP contribution >= 0.6 is 0 Å². The molecule has 1 aromatic heterocycles. The Morgan fingerprint density at radius 2 is 2.40 bits per heavy atom. The van der Waals surface area contributed by atoms with Crippen LogP contribution in [0.5, 0.6) is 0 Å². The third-order valence-corrected chi connectivity index (χ3v) is 2.18. The quantitative estimate of drug-likeness (QED) is 0.627. The summed E-state index contributed by atoms with van der Waals surface area (Å²) < 4.78 is 0. The van der Waals surface area contributed by atoms with Gasteiger partial charge in [-0.25, -0.2) is 4.98 Å². The Hall–Kier alpha value is -0.790. The van der Waals surface area contributed by atoms with Gasteiger partial charge in [0.2, 0.25) is 0 Å². The van der Waals surface area contributed by atoms with Crippen LogP contribution < -0.4 is 0 Å². The van der Waals surface area contributed by atoms with E-state index >= 15 is 0 Å². The van der Waals surface area contributed by atoms with Crippen LogP contribution in [0, 0.1) is 12.8 Å². The van der Waals surface area contributed by atoms with Crippen molar-refractivity contribution in [2.45, 2.75) is 26.2 Å². The van der Waals surface area contributed by atoms with Crippen LogP contribution in [0.4, 0.5) is 0 Å². The average molecular weight is 136 g/mol. The lowest BCUT2D eigenvalue weighted by atomic mass is 10.3. The summed E-state index contributed by atoms with van der Waals surface area (Å²) in [6.45, 7) is 4.31. The number of aryl methyl sites for hydroxylation is 1. The minimum Gasteiger partial charge on any atom is -0.346 e. The highest BCUT2D eigenvalue weighted by Crippen LogP contribution is 2.45. The molecule has 10 heavy (non-hydrogen) atoms. The second-order valence-corrected chi connectivity index (χ2v) is 3.27. The molecule has 2 nitrogen and oxygen atoms in total. The Morgan fingerprint density at radius 1 is 1.70 bits per heavy atom. The number of nitrogens with one attached hydrogen (secondary N) is 1. The highest BCUT2D eigenvalue weighted by atomic mass is 14.9. The molecule has 0 spiro atoms. The van der Waals surface area contributed by atoms with Gasteiger partial charge < -0.3 is 4.98 Å². The van der Waals surface area contributed by atoms with Crippen LogP contribution in [0.2, 0.25) is 0 Å². The van der Waals surface area contributed by atoms with Gasteiger partial charge in [0, 0.05) is 17.8 Å². The average Bonchev–Trinajstić information content (AvgIpc) is 2.42. The standard InChI is InChI=1S/C8H12N2/c1-5-3-7(5)8-9-4-6(2)10-8/h4-5,7H,3H2,1-2H3,(H,9,10). The fourth-order valence-corrected chi connectivity index (χ4v) is 1.32. The summed E-state index contributed by atoms with van der Waals surface area (Å²) >= 11 is 0. The predicted molar refractivity (Wildman–Crippen MR) is 39.8 cm³/mol. The second-order valence-electron chi connectivity index (χ2n) is 3.27. The number of nitrogens with zero attached hydrogens (tertiary/aromatic N) is 1. The van der Waals surface area contributed by atoms with E-state index in [0.29, 0.717) is 0 Å². The lowest BCUT2D eigenvalue weighted by Crippen LogP contribution is -1.83. The molecule has 1 aliphatic rings. The Labute approximate surface area is 60.7 Å². The van der Waals surface area contributed by atoms with E-state index < -0.39 is 0 Å². The number of hydrogen-bond donors (Lipinski definition) is 1. The maximum atomic E-state index is 4.27. The van der Waals surface area contributed by atoms with E-state index in [0.717, 1.165) is 11.8 Å². The lowest BCUT2D eigenvalue weighted by molar-refractivity contribution is 0.860. The van der Waals surface area contributed by atoms with Gasteiger partial charge in [-0.3, -0.25) is 0 Å². The van der Waals surface area contributed by atoms with Crippen molar-refractivity contribution in [1.29, 1.82) is 0 Å². The molecule has 2 rings (SSSR count). The van der Waals surface area contributed by atoms with Gasteiger partial charge in [-0.2, -0.15) is 0 Å². The topological polar surface area (TPSA) is 28.7 Å². The largest absolute Gasteiger partial charge is 0.346 e. The summed E-state index contributed by atoms with van der Waals surface area (Å²) in [5.74, 6) is 2.77. The summed E-state index contributed by atoms with van der Waals surface area (Å²) in [6, 6.07) is 0. The first kappa shape index (κ1) is 5.96. The molecule has 0 aromatic carbocycles. The fourth-order valence-electron chi connectivity index (χ4n) is 1.32. The molecule has 0 amide bonds. The molecule has 1 N–H and O–H groups in total. The van der Waals surface area contributed by atoms with E-state index in [-0.39, 0.29) is 0 Å². The Morgan fingerprint density at radius 3 is 2.80 bits per heavy atom. The Kier molecular flexibility index (Phi) is 1.10. The maximum absolute atomic E-state index is 4.27. The lowest BCUT2D eigenvalue weighted by Gasteiger charge is -1.87. The second kappa shape index (κ2) is 1.84. The van der Waals surface area contributed by atoms with Crippen molar-refractivity contribution >= 4 is 0 Å². The molecule has 0 aliphatic heterocycles. The van der Waals surface area contributed by atoms with Gasteiger partial charge in [-0.1, -0.05) is 6.92 Å². The highest BCUT2D eigenvalue weighted by Gasteiger charge is 2.36. The van der Waals surface area contributed by atoms with Crippen LogP contribution in [0.25, 0.3) is 0 Å². The molecule has 54 valence electrons.